The Morgan fingerprint density at radius 3 is 2.61 bits per heavy atom. The fourth-order valence-corrected chi connectivity index (χ4v) is 4.53. The monoisotopic (exact) mass is 449 g/mol. The average molecular weight is 450 g/mol. The normalized spacial score (nSPS) is 16.8. The summed E-state index contributed by atoms with van der Waals surface area (Å²) in [4.78, 5) is 47.6. The second-order valence-electron chi connectivity index (χ2n) is 8.69. The van der Waals surface area contributed by atoms with Gasteiger partial charge in [-0.05, 0) is 37.1 Å². The Hall–Kier alpha value is -3.26. The highest BCUT2D eigenvalue weighted by Gasteiger charge is 2.29. The van der Waals surface area contributed by atoms with E-state index in [-0.39, 0.29) is 43.1 Å². The van der Waals surface area contributed by atoms with Crippen LogP contribution < -0.4 is 10.2 Å². The summed E-state index contributed by atoms with van der Waals surface area (Å²) >= 11 is 0. The molecule has 0 saturated carbocycles. The topological polar surface area (TPSA) is 85.8 Å². The summed E-state index contributed by atoms with van der Waals surface area (Å²) in [5.74, 6) is -0.450. The van der Waals surface area contributed by atoms with Crippen LogP contribution in [0.15, 0.2) is 48.7 Å². The van der Waals surface area contributed by atoms with Gasteiger partial charge in [-0.3, -0.25) is 19.4 Å². The molecule has 4 rings (SSSR count). The van der Waals surface area contributed by atoms with Gasteiger partial charge in [-0.15, -0.1) is 0 Å². The van der Waals surface area contributed by atoms with Crippen LogP contribution in [-0.4, -0.2) is 71.8 Å². The van der Waals surface area contributed by atoms with Gasteiger partial charge in [-0.2, -0.15) is 0 Å². The number of anilines is 2. The first kappa shape index (κ1) is 22.9. The van der Waals surface area contributed by atoms with E-state index in [4.69, 9.17) is 0 Å². The second-order valence-corrected chi connectivity index (χ2v) is 8.69. The van der Waals surface area contributed by atoms with E-state index in [0.717, 1.165) is 44.6 Å². The predicted molar refractivity (Wildman–Crippen MR) is 127 cm³/mol. The summed E-state index contributed by atoms with van der Waals surface area (Å²) in [6, 6.07) is 13.4. The van der Waals surface area contributed by atoms with E-state index in [2.05, 4.69) is 21.3 Å². The zero-order valence-electron chi connectivity index (χ0n) is 19.1. The molecule has 0 bridgehead atoms. The molecule has 2 aromatic rings. The molecule has 2 aliphatic heterocycles. The van der Waals surface area contributed by atoms with Crippen LogP contribution in [0.4, 0.5) is 11.4 Å². The van der Waals surface area contributed by atoms with Gasteiger partial charge in [0.15, 0.2) is 0 Å². The fraction of sp³-hybridized carbons (Fsp3) is 0.440. The van der Waals surface area contributed by atoms with Gasteiger partial charge in [0.1, 0.15) is 6.54 Å². The third-order valence-corrected chi connectivity index (χ3v) is 6.53. The van der Waals surface area contributed by atoms with E-state index in [1.807, 2.05) is 43.6 Å². The molecule has 0 radical (unpaired) electrons. The van der Waals surface area contributed by atoms with Gasteiger partial charge in [-0.25, -0.2) is 0 Å². The van der Waals surface area contributed by atoms with Crippen molar-refractivity contribution >= 4 is 29.1 Å². The first-order valence-corrected chi connectivity index (χ1v) is 11.6. The van der Waals surface area contributed by atoms with E-state index in [9.17, 15) is 14.4 Å². The molecule has 33 heavy (non-hydrogen) atoms. The van der Waals surface area contributed by atoms with Gasteiger partial charge in [0.25, 0.3) is 0 Å². The summed E-state index contributed by atoms with van der Waals surface area (Å²) in [5, 5.41) is 2.78. The number of piperidine rings is 1. The molecule has 0 atom stereocenters. The van der Waals surface area contributed by atoms with Crippen molar-refractivity contribution in [3.63, 3.8) is 0 Å². The molecule has 1 N–H and O–H groups in total. The van der Waals surface area contributed by atoms with Crippen molar-refractivity contribution in [3.05, 3.63) is 54.4 Å². The van der Waals surface area contributed by atoms with Crippen LogP contribution in [-0.2, 0) is 20.8 Å². The first-order chi connectivity index (χ1) is 16.0. The van der Waals surface area contributed by atoms with E-state index in [0.29, 0.717) is 11.4 Å². The largest absolute Gasteiger partial charge is 0.343 e. The second kappa shape index (κ2) is 10.6. The Kier molecular flexibility index (Phi) is 7.34. The molecule has 8 nitrogen and oxygen atoms in total. The highest BCUT2D eigenvalue weighted by molar-refractivity contribution is 6.10. The van der Waals surface area contributed by atoms with Crippen LogP contribution in [0.3, 0.4) is 0 Å². The Bertz CT molecular complexity index is 989. The highest BCUT2D eigenvalue weighted by atomic mass is 16.2. The van der Waals surface area contributed by atoms with Crippen molar-refractivity contribution in [3.8, 4) is 0 Å². The van der Waals surface area contributed by atoms with Gasteiger partial charge in [-0.1, -0.05) is 18.2 Å². The predicted octanol–water partition coefficient (Wildman–Crippen LogP) is 2.31. The Morgan fingerprint density at radius 2 is 1.85 bits per heavy atom. The van der Waals surface area contributed by atoms with Gasteiger partial charge in [0.2, 0.25) is 17.7 Å². The first-order valence-electron chi connectivity index (χ1n) is 11.6. The van der Waals surface area contributed by atoms with Crippen LogP contribution in [0.2, 0.25) is 0 Å². The number of fused-ring (bicyclic) bond motifs is 1. The lowest BCUT2D eigenvalue weighted by atomic mass is 10.0. The van der Waals surface area contributed by atoms with Crippen molar-refractivity contribution in [1.29, 1.82) is 0 Å². The Labute approximate surface area is 194 Å². The molecule has 3 heterocycles. The fourth-order valence-electron chi connectivity index (χ4n) is 4.53. The quantitative estimate of drug-likeness (QED) is 0.701. The number of para-hydroxylation sites is 2. The van der Waals surface area contributed by atoms with Crippen LogP contribution in [0.25, 0.3) is 0 Å². The molecule has 8 heteroatoms. The smallest absolute Gasteiger partial charge is 0.244 e. The lowest BCUT2D eigenvalue weighted by molar-refractivity contribution is -0.134. The molecule has 174 valence electrons. The van der Waals surface area contributed by atoms with Gasteiger partial charge >= 0.3 is 0 Å². The number of amides is 3. The van der Waals surface area contributed by atoms with Crippen LogP contribution in [0.1, 0.15) is 31.4 Å². The van der Waals surface area contributed by atoms with E-state index >= 15 is 0 Å². The number of benzene rings is 1. The highest BCUT2D eigenvalue weighted by Crippen LogP contribution is 2.29. The van der Waals surface area contributed by atoms with Gasteiger partial charge in [0, 0.05) is 63.9 Å². The number of rotatable bonds is 7. The van der Waals surface area contributed by atoms with Crippen molar-refractivity contribution in [1.82, 2.24) is 14.8 Å². The zero-order valence-corrected chi connectivity index (χ0v) is 19.1. The minimum absolute atomic E-state index is 0.0170. The molecule has 3 amide bonds. The van der Waals surface area contributed by atoms with E-state index < -0.39 is 0 Å². The Morgan fingerprint density at radius 1 is 1.09 bits per heavy atom. The van der Waals surface area contributed by atoms with Crippen molar-refractivity contribution in [2.75, 3.05) is 43.4 Å². The maximum absolute atomic E-state index is 12.8. The molecule has 0 spiro atoms. The molecule has 1 aromatic carbocycles. The number of hydrogen-bond acceptors (Lipinski definition) is 5. The van der Waals surface area contributed by atoms with E-state index in [1.54, 1.807) is 11.0 Å². The number of likely N-dealkylation sites (tertiary alicyclic amines) is 1. The number of nitrogens with one attached hydrogen (secondary N) is 1. The number of carbonyl (C=O) groups is 3. The third-order valence-electron chi connectivity index (χ3n) is 6.53. The minimum atomic E-state index is -0.222. The van der Waals surface area contributed by atoms with Gasteiger partial charge in [0.05, 0.1) is 11.4 Å². The molecule has 0 aliphatic carbocycles. The summed E-state index contributed by atoms with van der Waals surface area (Å²) in [6.07, 6.45) is 4.85. The van der Waals surface area contributed by atoms with Crippen LogP contribution in [0.5, 0.6) is 0 Å². The maximum Gasteiger partial charge on any atom is 0.244 e. The van der Waals surface area contributed by atoms with Gasteiger partial charge < -0.3 is 20.0 Å². The average Bonchev–Trinajstić information content (AvgIpc) is 2.85. The maximum atomic E-state index is 12.8. The number of aromatic nitrogens is 1. The number of nitrogens with zero attached hydrogens (tertiary/aromatic N) is 4. The molecular weight excluding hydrogens is 418 g/mol. The van der Waals surface area contributed by atoms with Crippen molar-refractivity contribution in [2.45, 2.75) is 38.1 Å². The molecule has 1 saturated heterocycles. The molecule has 0 unspecified atom stereocenters. The SMILES string of the molecule is CN(C(=O)CCC(=O)N1CC(=O)Nc2ccccc21)C1CCN(CCc2ccccn2)CC1. The summed E-state index contributed by atoms with van der Waals surface area (Å²) in [7, 11) is 1.84. The van der Waals surface area contributed by atoms with E-state index in [1.165, 1.54) is 4.90 Å². The number of hydrogen-bond donors (Lipinski definition) is 1. The van der Waals surface area contributed by atoms with Crippen molar-refractivity contribution < 1.29 is 14.4 Å². The van der Waals surface area contributed by atoms with Crippen LogP contribution >= 0.6 is 0 Å². The van der Waals surface area contributed by atoms with Crippen molar-refractivity contribution in [2.24, 2.45) is 0 Å². The number of pyridine rings is 1. The lowest BCUT2D eigenvalue weighted by Crippen LogP contribution is -2.46. The third kappa shape index (κ3) is 5.76. The molecule has 2 aliphatic rings. The minimum Gasteiger partial charge on any atom is -0.343 e. The standard InChI is InChI=1S/C25H31N5O3/c1-28(20-12-16-29(17-13-20)15-11-19-6-4-5-14-26-19)24(32)9-10-25(33)30-18-23(31)27-21-7-2-3-8-22(21)30/h2-8,14,20H,9-13,15-18H2,1H3,(H,27,31). The molecule has 1 aromatic heterocycles. The van der Waals surface area contributed by atoms with Crippen LogP contribution in [0, 0.1) is 0 Å². The lowest BCUT2D eigenvalue weighted by Gasteiger charge is -2.37. The summed E-state index contributed by atoms with van der Waals surface area (Å²) in [6.45, 7) is 2.86. The molecular formula is C25H31N5O3. The number of carbonyl (C=O) groups excluding carboxylic acids is 3. The molecule has 1 fully saturated rings. The Balaban J connectivity index is 1.22. The summed E-state index contributed by atoms with van der Waals surface area (Å²) in [5.41, 5.74) is 2.41. The summed E-state index contributed by atoms with van der Waals surface area (Å²) < 4.78 is 0. The zero-order chi connectivity index (χ0) is 23.2.